The molecule has 0 atom stereocenters. The summed E-state index contributed by atoms with van der Waals surface area (Å²) in [4.78, 5) is 4.96. The summed E-state index contributed by atoms with van der Waals surface area (Å²) in [6, 6.07) is 46.2. The van der Waals surface area contributed by atoms with Crippen LogP contribution in [0.25, 0.3) is 71.0 Å². The second-order valence-corrected chi connectivity index (χ2v) is 11.5. The minimum atomic E-state index is 0.976. The van der Waals surface area contributed by atoms with Gasteiger partial charge in [0, 0.05) is 10.8 Å². The van der Waals surface area contributed by atoms with Crippen LogP contribution in [0.1, 0.15) is 24.1 Å². The molecular weight excluding hydrogens is 520 g/mol. The van der Waals surface area contributed by atoms with E-state index < -0.39 is 0 Å². The van der Waals surface area contributed by atoms with Gasteiger partial charge in [-0.15, -0.1) is 0 Å². The average Bonchev–Trinajstić information content (AvgIpc) is 3.43. The third kappa shape index (κ3) is 3.77. The Morgan fingerprint density at radius 3 is 1.51 bits per heavy atom. The fraction of sp³-hybridized carbons (Fsp3) is 0.0488. The van der Waals surface area contributed by atoms with Gasteiger partial charge in [-0.25, -0.2) is 0 Å². The van der Waals surface area contributed by atoms with Crippen molar-refractivity contribution in [2.45, 2.75) is 12.8 Å². The molecule has 0 fully saturated rings. The van der Waals surface area contributed by atoms with Crippen molar-refractivity contribution < 1.29 is 0 Å². The number of allylic oxidation sites excluding steroid dienone is 4. The Bertz CT molecular complexity index is 2350. The van der Waals surface area contributed by atoms with Crippen LogP contribution in [0.2, 0.25) is 0 Å². The molecule has 9 rings (SSSR count). The molecule has 0 unspecified atom stereocenters. The molecule has 2 heterocycles. The Balaban J connectivity index is 1.08. The highest BCUT2D eigenvalue weighted by Gasteiger charge is 2.15. The number of benzene rings is 6. The van der Waals surface area contributed by atoms with Crippen LogP contribution in [-0.2, 0) is 0 Å². The Morgan fingerprint density at radius 2 is 0.953 bits per heavy atom. The zero-order valence-corrected chi connectivity index (χ0v) is 23.7. The molecule has 0 bridgehead atoms. The highest BCUT2D eigenvalue weighted by molar-refractivity contribution is 6.25. The summed E-state index contributed by atoms with van der Waals surface area (Å²) < 4.78 is 2.32. The average molecular weight is 549 g/mol. The molecule has 0 spiro atoms. The minimum Gasteiger partial charge on any atom is -0.308 e. The molecule has 0 saturated heterocycles. The molecule has 0 aliphatic heterocycles. The van der Waals surface area contributed by atoms with Gasteiger partial charge in [-0.1, -0.05) is 109 Å². The van der Waals surface area contributed by atoms with Gasteiger partial charge in [-0.3, -0.25) is 4.98 Å². The molecular formula is C41H28N2. The van der Waals surface area contributed by atoms with E-state index in [1.54, 1.807) is 0 Å². The van der Waals surface area contributed by atoms with E-state index in [0.29, 0.717) is 0 Å². The first kappa shape index (κ1) is 24.2. The van der Waals surface area contributed by atoms with Crippen LogP contribution in [-0.4, -0.2) is 9.55 Å². The lowest BCUT2D eigenvalue weighted by molar-refractivity contribution is 1.05. The van der Waals surface area contributed by atoms with Crippen molar-refractivity contribution in [2.24, 2.45) is 0 Å². The highest BCUT2D eigenvalue weighted by atomic mass is 15.0. The van der Waals surface area contributed by atoms with Crippen LogP contribution < -0.4 is 0 Å². The molecule has 43 heavy (non-hydrogen) atoms. The van der Waals surface area contributed by atoms with Crippen molar-refractivity contribution in [3.63, 3.8) is 0 Å². The first-order chi connectivity index (χ1) is 21.3. The normalized spacial score (nSPS) is 13.7. The standard InChI is InChI=1S/C41H28N2/c1-2-11-33-31(9-1)32-10-3-4-12-34(32)38-25-29(21-23-35(33)38)27-17-19-28(20-18-27)39-24-22-30(26-42-39)43-40-15-7-5-13-36(40)37-14-6-8-16-41(37)43/h1-17,19,21-26H,18,20H2. The second-order valence-electron chi connectivity index (χ2n) is 11.5. The summed E-state index contributed by atoms with van der Waals surface area (Å²) in [7, 11) is 0. The number of fused-ring (bicyclic) bond motifs is 9. The third-order valence-electron chi connectivity index (χ3n) is 9.18. The topological polar surface area (TPSA) is 17.8 Å². The largest absolute Gasteiger partial charge is 0.308 e. The maximum Gasteiger partial charge on any atom is 0.0663 e. The molecule has 2 aromatic heterocycles. The van der Waals surface area contributed by atoms with Crippen molar-refractivity contribution in [1.29, 1.82) is 0 Å². The van der Waals surface area contributed by atoms with E-state index >= 15 is 0 Å². The lowest BCUT2D eigenvalue weighted by Gasteiger charge is -2.17. The van der Waals surface area contributed by atoms with E-state index in [0.717, 1.165) is 24.2 Å². The van der Waals surface area contributed by atoms with Crippen molar-refractivity contribution in [1.82, 2.24) is 9.55 Å². The minimum absolute atomic E-state index is 0.976. The van der Waals surface area contributed by atoms with Crippen LogP contribution in [0.3, 0.4) is 0 Å². The van der Waals surface area contributed by atoms with Gasteiger partial charge in [0.1, 0.15) is 0 Å². The summed E-state index contributed by atoms with van der Waals surface area (Å²) in [5, 5.41) is 10.5. The van der Waals surface area contributed by atoms with Gasteiger partial charge in [0.2, 0.25) is 0 Å². The van der Waals surface area contributed by atoms with Crippen LogP contribution in [0, 0.1) is 0 Å². The van der Waals surface area contributed by atoms with Gasteiger partial charge >= 0.3 is 0 Å². The predicted molar refractivity (Wildman–Crippen MR) is 183 cm³/mol. The van der Waals surface area contributed by atoms with Gasteiger partial charge in [0.05, 0.1) is 28.6 Å². The number of hydrogen-bond acceptors (Lipinski definition) is 1. The predicted octanol–water partition coefficient (Wildman–Crippen LogP) is 10.9. The molecule has 0 amide bonds. The Labute approximate surface area is 249 Å². The van der Waals surface area contributed by atoms with Crippen LogP contribution in [0.4, 0.5) is 0 Å². The summed E-state index contributed by atoms with van der Waals surface area (Å²) >= 11 is 0. The molecule has 1 aliphatic carbocycles. The molecule has 8 aromatic rings. The van der Waals surface area contributed by atoms with Crippen molar-refractivity contribution in [2.75, 3.05) is 0 Å². The molecule has 2 nitrogen and oxygen atoms in total. The van der Waals surface area contributed by atoms with Crippen LogP contribution in [0.15, 0.2) is 146 Å². The number of pyridine rings is 1. The lowest BCUT2D eigenvalue weighted by atomic mass is 9.88. The summed E-state index contributed by atoms with van der Waals surface area (Å²) in [6.07, 6.45) is 8.56. The molecule has 2 heteroatoms. The van der Waals surface area contributed by atoms with Crippen molar-refractivity contribution in [3.05, 3.63) is 157 Å². The zero-order valence-electron chi connectivity index (χ0n) is 23.7. The van der Waals surface area contributed by atoms with E-state index in [4.69, 9.17) is 4.98 Å². The molecule has 1 aliphatic rings. The zero-order chi connectivity index (χ0) is 28.3. The lowest BCUT2D eigenvalue weighted by Crippen LogP contribution is -1.99. The fourth-order valence-corrected chi connectivity index (χ4v) is 7.11. The first-order valence-electron chi connectivity index (χ1n) is 15.0. The van der Waals surface area contributed by atoms with E-state index in [-0.39, 0.29) is 0 Å². The van der Waals surface area contributed by atoms with Crippen molar-refractivity contribution in [3.8, 4) is 5.69 Å². The van der Waals surface area contributed by atoms with Gasteiger partial charge in [-0.05, 0) is 92.2 Å². The van der Waals surface area contributed by atoms with E-state index in [1.807, 2.05) is 6.20 Å². The Hall–Kier alpha value is -5.47. The van der Waals surface area contributed by atoms with Crippen LogP contribution >= 0.6 is 0 Å². The van der Waals surface area contributed by atoms with Crippen LogP contribution in [0.5, 0.6) is 0 Å². The Morgan fingerprint density at radius 1 is 0.442 bits per heavy atom. The number of aromatic nitrogens is 2. The van der Waals surface area contributed by atoms with Crippen molar-refractivity contribution >= 4 is 65.3 Å². The fourth-order valence-electron chi connectivity index (χ4n) is 7.11. The SMILES string of the molecule is C1=C(c2ccc3c4ccccc4c4ccccc4c3c2)CCC(c2ccc(-n3c4ccccc4c4ccccc43)cn2)=C1. The molecule has 202 valence electrons. The number of para-hydroxylation sites is 2. The second kappa shape index (κ2) is 9.54. The van der Waals surface area contributed by atoms with Gasteiger partial charge in [0.15, 0.2) is 0 Å². The summed E-state index contributed by atoms with van der Waals surface area (Å²) in [5.41, 5.74) is 8.52. The number of hydrogen-bond donors (Lipinski definition) is 0. The Kier molecular flexibility index (Phi) is 5.36. The van der Waals surface area contributed by atoms with Gasteiger partial charge in [-0.2, -0.15) is 0 Å². The maximum atomic E-state index is 4.96. The molecule has 0 radical (unpaired) electrons. The molecule has 0 saturated carbocycles. The van der Waals surface area contributed by atoms with E-state index in [1.165, 1.54) is 70.8 Å². The quantitative estimate of drug-likeness (QED) is 0.201. The van der Waals surface area contributed by atoms with Gasteiger partial charge in [0.25, 0.3) is 0 Å². The molecule has 6 aromatic carbocycles. The molecule has 0 N–H and O–H groups in total. The maximum absolute atomic E-state index is 4.96. The summed E-state index contributed by atoms with van der Waals surface area (Å²) in [6.45, 7) is 0. The highest BCUT2D eigenvalue weighted by Crippen LogP contribution is 2.38. The smallest absolute Gasteiger partial charge is 0.0663 e. The number of rotatable bonds is 3. The van der Waals surface area contributed by atoms with Gasteiger partial charge < -0.3 is 4.57 Å². The monoisotopic (exact) mass is 548 g/mol. The van der Waals surface area contributed by atoms with E-state index in [2.05, 4.69) is 144 Å². The first-order valence-corrected chi connectivity index (χ1v) is 15.0. The number of nitrogens with zero attached hydrogens (tertiary/aromatic N) is 2. The third-order valence-corrected chi connectivity index (χ3v) is 9.18. The van der Waals surface area contributed by atoms with E-state index in [9.17, 15) is 0 Å². The summed E-state index contributed by atoms with van der Waals surface area (Å²) in [5.74, 6) is 0.